The van der Waals surface area contributed by atoms with Gasteiger partial charge in [-0.2, -0.15) is 12.7 Å². The van der Waals surface area contributed by atoms with Gasteiger partial charge in [0.1, 0.15) is 0 Å². The van der Waals surface area contributed by atoms with Gasteiger partial charge in [-0.1, -0.05) is 12.1 Å². The van der Waals surface area contributed by atoms with Gasteiger partial charge >= 0.3 is 0 Å². The molecule has 1 aromatic rings. The van der Waals surface area contributed by atoms with E-state index < -0.39 is 16.1 Å². The number of hydrogen-bond donors (Lipinski definition) is 2. The van der Waals surface area contributed by atoms with Crippen LogP contribution in [0.2, 0.25) is 0 Å². The first-order valence-corrected chi connectivity index (χ1v) is 7.06. The van der Waals surface area contributed by atoms with E-state index in [9.17, 15) is 13.2 Å². The van der Waals surface area contributed by atoms with Gasteiger partial charge in [0.2, 0.25) is 5.91 Å². The molecule has 0 saturated heterocycles. The van der Waals surface area contributed by atoms with Crippen LogP contribution < -0.4 is 10.9 Å². The minimum Gasteiger partial charge on any atom is -0.366 e. The van der Waals surface area contributed by atoms with Gasteiger partial charge in [0, 0.05) is 18.2 Å². The van der Waals surface area contributed by atoms with Crippen molar-refractivity contribution in [3.8, 4) is 0 Å². The number of primary amides is 1. The van der Waals surface area contributed by atoms with E-state index in [-0.39, 0.29) is 12.6 Å². The number of carbonyl (C=O) groups is 1. The summed E-state index contributed by atoms with van der Waals surface area (Å²) in [6.07, 6.45) is 1.69. The Bertz CT molecular complexity index is 549. The SMILES string of the molecule is NC(=O)c1ccc(CN(C2CC2)S(N)(=O)=O)cc1. The van der Waals surface area contributed by atoms with Gasteiger partial charge in [0.25, 0.3) is 10.2 Å². The molecule has 0 atom stereocenters. The molecule has 1 aliphatic rings. The molecule has 0 spiro atoms. The van der Waals surface area contributed by atoms with Crippen LogP contribution in [0.25, 0.3) is 0 Å². The van der Waals surface area contributed by atoms with E-state index in [4.69, 9.17) is 10.9 Å². The summed E-state index contributed by atoms with van der Waals surface area (Å²) in [5.74, 6) is -0.507. The smallest absolute Gasteiger partial charge is 0.277 e. The molecule has 98 valence electrons. The summed E-state index contributed by atoms with van der Waals surface area (Å²) >= 11 is 0. The third-order valence-corrected chi connectivity index (χ3v) is 3.94. The van der Waals surface area contributed by atoms with Crippen molar-refractivity contribution in [1.82, 2.24) is 4.31 Å². The predicted octanol–water partition coefficient (Wildman–Crippen LogP) is -0.0466. The average molecular weight is 269 g/mol. The summed E-state index contributed by atoms with van der Waals surface area (Å²) in [6, 6.07) is 6.52. The zero-order chi connectivity index (χ0) is 13.3. The summed E-state index contributed by atoms with van der Waals surface area (Å²) < 4.78 is 24.1. The van der Waals surface area contributed by atoms with Crippen LogP contribution in [0, 0.1) is 0 Å². The molecule has 0 aliphatic heterocycles. The largest absolute Gasteiger partial charge is 0.366 e. The van der Waals surface area contributed by atoms with Gasteiger partial charge in [-0.15, -0.1) is 0 Å². The third kappa shape index (κ3) is 3.06. The summed E-state index contributed by atoms with van der Waals surface area (Å²) in [7, 11) is -3.68. The molecule has 0 heterocycles. The maximum Gasteiger partial charge on any atom is 0.277 e. The van der Waals surface area contributed by atoms with Crippen LogP contribution in [0.5, 0.6) is 0 Å². The van der Waals surface area contributed by atoms with Crippen LogP contribution in [0.3, 0.4) is 0 Å². The number of benzene rings is 1. The maximum absolute atomic E-state index is 11.4. The van der Waals surface area contributed by atoms with E-state index >= 15 is 0 Å². The monoisotopic (exact) mass is 269 g/mol. The molecule has 0 unspecified atom stereocenters. The van der Waals surface area contributed by atoms with Gasteiger partial charge in [0.15, 0.2) is 0 Å². The molecule has 18 heavy (non-hydrogen) atoms. The molecular formula is C11H15N3O3S. The third-order valence-electron chi connectivity index (χ3n) is 2.86. The fourth-order valence-corrected chi connectivity index (χ4v) is 2.70. The summed E-state index contributed by atoms with van der Waals surface area (Å²) in [4.78, 5) is 10.9. The van der Waals surface area contributed by atoms with Gasteiger partial charge in [-0.25, -0.2) is 5.14 Å². The quantitative estimate of drug-likeness (QED) is 0.782. The Kier molecular flexibility index (Phi) is 3.38. The van der Waals surface area contributed by atoms with Crippen molar-refractivity contribution >= 4 is 16.1 Å². The number of hydrogen-bond acceptors (Lipinski definition) is 3. The highest BCUT2D eigenvalue weighted by molar-refractivity contribution is 7.86. The minimum absolute atomic E-state index is 0.0100. The normalized spacial score (nSPS) is 15.9. The molecule has 1 amide bonds. The highest BCUT2D eigenvalue weighted by atomic mass is 32.2. The predicted molar refractivity (Wildman–Crippen MR) is 66.6 cm³/mol. The molecule has 2 rings (SSSR count). The summed E-state index contributed by atoms with van der Waals surface area (Å²) in [5.41, 5.74) is 6.30. The lowest BCUT2D eigenvalue weighted by atomic mass is 10.1. The van der Waals surface area contributed by atoms with Crippen LogP contribution in [0.4, 0.5) is 0 Å². The molecule has 0 aromatic heterocycles. The van der Waals surface area contributed by atoms with Crippen molar-refractivity contribution in [2.75, 3.05) is 0 Å². The van der Waals surface area contributed by atoms with Crippen LogP contribution in [-0.2, 0) is 16.8 Å². The second-order valence-corrected chi connectivity index (χ2v) is 5.88. The molecule has 1 aliphatic carbocycles. The lowest BCUT2D eigenvalue weighted by Crippen LogP contribution is -2.37. The molecule has 1 fully saturated rings. The first-order valence-electron chi connectivity index (χ1n) is 5.56. The van der Waals surface area contributed by atoms with Gasteiger partial charge in [-0.05, 0) is 30.5 Å². The summed E-state index contributed by atoms with van der Waals surface area (Å²) in [5, 5.41) is 5.17. The number of nitrogens with zero attached hydrogens (tertiary/aromatic N) is 1. The Morgan fingerprint density at radius 1 is 1.28 bits per heavy atom. The fraction of sp³-hybridized carbons (Fsp3) is 0.364. The van der Waals surface area contributed by atoms with Gasteiger partial charge in [0.05, 0.1) is 0 Å². The van der Waals surface area contributed by atoms with E-state index in [2.05, 4.69) is 0 Å². The number of carbonyl (C=O) groups excluding carboxylic acids is 1. The van der Waals surface area contributed by atoms with Crippen LogP contribution in [-0.4, -0.2) is 24.7 Å². The van der Waals surface area contributed by atoms with E-state index in [0.717, 1.165) is 18.4 Å². The summed E-state index contributed by atoms with van der Waals surface area (Å²) in [6.45, 7) is 0.225. The van der Waals surface area contributed by atoms with Crippen LogP contribution in [0.1, 0.15) is 28.8 Å². The topological polar surface area (TPSA) is 106 Å². The Morgan fingerprint density at radius 3 is 2.22 bits per heavy atom. The number of nitrogens with two attached hydrogens (primary N) is 2. The molecule has 1 aromatic carbocycles. The Labute approximate surface area is 106 Å². The lowest BCUT2D eigenvalue weighted by Gasteiger charge is -2.18. The second-order valence-electron chi connectivity index (χ2n) is 4.38. The molecule has 0 bridgehead atoms. The Balaban J connectivity index is 2.14. The number of rotatable bonds is 5. The van der Waals surface area contributed by atoms with E-state index in [1.165, 1.54) is 4.31 Å². The van der Waals surface area contributed by atoms with Crippen LogP contribution >= 0.6 is 0 Å². The van der Waals surface area contributed by atoms with Gasteiger partial charge in [-0.3, -0.25) is 4.79 Å². The maximum atomic E-state index is 11.4. The van der Waals surface area contributed by atoms with E-state index in [0.29, 0.717) is 5.56 Å². The number of amides is 1. The molecule has 1 saturated carbocycles. The zero-order valence-electron chi connectivity index (χ0n) is 9.74. The zero-order valence-corrected chi connectivity index (χ0v) is 10.6. The van der Waals surface area contributed by atoms with Crippen molar-refractivity contribution in [2.24, 2.45) is 10.9 Å². The van der Waals surface area contributed by atoms with E-state index in [1.807, 2.05) is 0 Å². The van der Waals surface area contributed by atoms with E-state index in [1.54, 1.807) is 24.3 Å². The minimum atomic E-state index is -3.68. The second kappa shape index (κ2) is 4.68. The molecule has 0 radical (unpaired) electrons. The highest BCUT2D eigenvalue weighted by Crippen LogP contribution is 2.29. The van der Waals surface area contributed by atoms with Crippen molar-refractivity contribution in [3.05, 3.63) is 35.4 Å². The van der Waals surface area contributed by atoms with Crippen molar-refractivity contribution in [1.29, 1.82) is 0 Å². The standard InChI is InChI=1S/C11H15N3O3S/c12-11(15)9-3-1-8(2-4-9)7-14(10-5-6-10)18(13,16)17/h1-4,10H,5-7H2,(H2,12,15)(H2,13,16,17). The van der Waals surface area contributed by atoms with Crippen molar-refractivity contribution in [3.63, 3.8) is 0 Å². The van der Waals surface area contributed by atoms with Crippen LogP contribution in [0.15, 0.2) is 24.3 Å². The van der Waals surface area contributed by atoms with Gasteiger partial charge < -0.3 is 5.73 Å². The Morgan fingerprint density at radius 2 is 1.83 bits per heavy atom. The van der Waals surface area contributed by atoms with Crippen molar-refractivity contribution < 1.29 is 13.2 Å². The first-order chi connectivity index (χ1) is 8.38. The lowest BCUT2D eigenvalue weighted by molar-refractivity contribution is 0.1000. The molecular weight excluding hydrogens is 254 g/mol. The molecule has 7 heteroatoms. The average Bonchev–Trinajstić information content (AvgIpc) is 3.08. The Hall–Kier alpha value is -1.44. The molecule has 6 nitrogen and oxygen atoms in total. The fourth-order valence-electron chi connectivity index (χ4n) is 1.74. The molecule has 4 N–H and O–H groups in total. The van der Waals surface area contributed by atoms with Crippen molar-refractivity contribution in [2.45, 2.75) is 25.4 Å². The highest BCUT2D eigenvalue weighted by Gasteiger charge is 2.35. The first kappa shape index (κ1) is 13.0.